The average molecular weight is 1420 g/mol. The van der Waals surface area contributed by atoms with Crippen LogP contribution in [0.3, 0.4) is 0 Å². The van der Waals surface area contributed by atoms with Crippen molar-refractivity contribution in [1.82, 2.24) is 9.80 Å². The molecule has 582 valence electrons. The Kier molecular flexibility index (Phi) is 20.9. The van der Waals surface area contributed by atoms with Crippen LogP contribution in [-0.4, -0.2) is 53.8 Å². The maximum absolute atomic E-state index is 3.82. The minimum Gasteiger partial charge on any atom is -0.298 e. The molecule has 0 spiro atoms. The average Bonchev–Trinajstić information content (AvgIpc) is 0.737. The molecule has 34 atom stereocenters. The maximum atomic E-state index is 3.82. The quantitative estimate of drug-likeness (QED) is 0.190. The van der Waals surface area contributed by atoms with Gasteiger partial charge in [-0.3, -0.25) is 9.80 Å². The van der Waals surface area contributed by atoms with Crippen LogP contribution >= 0.6 is 0 Å². The summed E-state index contributed by atoms with van der Waals surface area (Å²) in [5, 5.41) is 0. The van der Waals surface area contributed by atoms with E-state index in [9.17, 15) is 0 Å². The van der Waals surface area contributed by atoms with E-state index in [2.05, 4.69) is 30.6 Å². The van der Waals surface area contributed by atoms with Gasteiger partial charge in [0.2, 0.25) is 0 Å². The second-order valence-electron chi connectivity index (χ2n) is 47.4. The van der Waals surface area contributed by atoms with Gasteiger partial charge >= 0.3 is 0 Å². The van der Waals surface area contributed by atoms with Gasteiger partial charge in [-0.25, -0.2) is 0 Å². The lowest BCUT2D eigenvalue weighted by Gasteiger charge is -2.70. The first-order valence-corrected chi connectivity index (χ1v) is 50.7. The Morgan fingerprint density at radius 1 is 0.231 bits per heavy atom. The molecule has 0 aromatic carbocycles. The Balaban J connectivity index is 0.692. The molecule has 21 rings (SSSR count). The molecular formula is C101H165BN2. The number of rotatable bonds is 11. The maximum Gasteiger partial charge on any atom is 0.156 e. The van der Waals surface area contributed by atoms with Gasteiger partial charge in [0.25, 0.3) is 0 Å². The predicted octanol–water partition coefficient (Wildman–Crippen LogP) is 27.3. The van der Waals surface area contributed by atoms with Crippen LogP contribution < -0.4 is 0 Å². The summed E-state index contributed by atoms with van der Waals surface area (Å²) in [7, 11) is 0. The van der Waals surface area contributed by atoms with Gasteiger partial charge in [-0.1, -0.05) is 239 Å². The molecule has 0 amide bonds. The van der Waals surface area contributed by atoms with E-state index >= 15 is 0 Å². The highest BCUT2D eigenvalue weighted by atomic mass is 15.3. The minimum absolute atomic E-state index is 0.401. The smallest absolute Gasteiger partial charge is 0.156 e. The molecule has 0 bridgehead atoms. The fraction of sp³-hybridized carbons (Fsp3) is 1.00. The first-order valence-electron chi connectivity index (χ1n) is 50.7. The van der Waals surface area contributed by atoms with E-state index in [0.29, 0.717) is 5.41 Å². The van der Waals surface area contributed by atoms with E-state index in [1.807, 2.05) is 0 Å². The SMILES string of the molecule is CC(C)(C)CC1CC2C3B(C4CC(C5CCC6C7CCCC8CCCC(C9CCCC5C96)C87)CCC4N2CC2[C@@H](C4CCCCC4)CCC[C@H]2C2CCCCC2)C2CC(C4CCC5C6CCCC7CCCC(C76)[C@@H]6CCCC4C56)CC[C@@H]2N(CC2C(C4CCCCC4)CCC[C@H]2C2CCCCC2)C3C1. The second kappa shape index (κ2) is 30.3. The summed E-state index contributed by atoms with van der Waals surface area (Å²) in [5.41, 5.74) is 0.401. The van der Waals surface area contributed by atoms with Crippen molar-refractivity contribution in [2.45, 2.75) is 428 Å². The lowest BCUT2D eigenvalue weighted by atomic mass is 9.18. The Morgan fingerprint density at radius 3 is 0.846 bits per heavy atom. The van der Waals surface area contributed by atoms with Crippen LogP contribution in [0.2, 0.25) is 17.5 Å². The van der Waals surface area contributed by atoms with Crippen LogP contribution in [-0.2, 0) is 0 Å². The zero-order valence-electron chi connectivity index (χ0n) is 68.6. The topological polar surface area (TPSA) is 6.48 Å². The van der Waals surface area contributed by atoms with E-state index in [0.717, 1.165) is 232 Å². The van der Waals surface area contributed by atoms with Crippen molar-refractivity contribution in [2.24, 2.45) is 189 Å². The van der Waals surface area contributed by atoms with Crippen LogP contribution in [0.25, 0.3) is 0 Å². The molecule has 2 saturated heterocycles. The Morgan fingerprint density at radius 2 is 0.510 bits per heavy atom. The predicted molar refractivity (Wildman–Crippen MR) is 436 cm³/mol. The summed E-state index contributed by atoms with van der Waals surface area (Å²) < 4.78 is 0. The highest BCUT2D eigenvalue weighted by molar-refractivity contribution is 6.65. The molecule has 0 N–H and O–H groups in total. The molecule has 0 radical (unpaired) electrons. The third-order valence-electron chi connectivity index (χ3n) is 42.9. The van der Waals surface area contributed by atoms with E-state index in [1.165, 1.54) is 6.42 Å². The first-order chi connectivity index (χ1) is 51.2. The molecule has 19 aliphatic carbocycles. The van der Waals surface area contributed by atoms with Crippen molar-refractivity contribution in [1.29, 1.82) is 0 Å². The van der Waals surface area contributed by atoms with Gasteiger partial charge in [0, 0.05) is 37.3 Å². The molecule has 19 saturated carbocycles. The summed E-state index contributed by atoms with van der Waals surface area (Å²) in [6.07, 6.45) is 91.7. The highest BCUT2D eigenvalue weighted by Crippen LogP contribution is 2.72. The molecule has 2 nitrogen and oxygen atoms in total. The van der Waals surface area contributed by atoms with Crippen molar-refractivity contribution in [2.75, 3.05) is 13.1 Å². The van der Waals surface area contributed by atoms with E-state index in [-0.39, 0.29) is 0 Å². The summed E-state index contributed by atoms with van der Waals surface area (Å²) in [5.74, 6) is 36.2. The molecular weight excluding hydrogens is 1250 g/mol. The lowest BCUT2D eigenvalue weighted by Crippen LogP contribution is -2.73. The molecule has 2 heterocycles. The summed E-state index contributed by atoms with van der Waals surface area (Å²) >= 11 is 0. The van der Waals surface area contributed by atoms with Crippen molar-refractivity contribution < 1.29 is 0 Å². The fourth-order valence-corrected chi connectivity index (χ4v) is 40.6. The van der Waals surface area contributed by atoms with E-state index in [4.69, 9.17) is 0 Å². The normalized spacial score (nSPS) is 52.6. The lowest BCUT2D eigenvalue weighted by molar-refractivity contribution is -0.158. The molecule has 21 fully saturated rings. The summed E-state index contributed by atoms with van der Waals surface area (Å²) in [6.45, 7) is 12.3. The van der Waals surface area contributed by atoms with Gasteiger partial charge in [0.15, 0.2) is 6.71 Å². The van der Waals surface area contributed by atoms with Crippen LogP contribution in [0, 0.1) is 189 Å². The Hall–Kier alpha value is -0.0151. The monoisotopic (exact) mass is 1420 g/mol. The molecule has 2 aliphatic heterocycles. The van der Waals surface area contributed by atoms with Crippen LogP contribution in [0.5, 0.6) is 0 Å². The van der Waals surface area contributed by atoms with Gasteiger partial charge in [0.1, 0.15) is 0 Å². The van der Waals surface area contributed by atoms with Crippen molar-refractivity contribution in [3.63, 3.8) is 0 Å². The third-order valence-corrected chi connectivity index (χ3v) is 42.9. The molecule has 0 aromatic heterocycles. The van der Waals surface area contributed by atoms with Gasteiger partial charge in [-0.2, -0.15) is 0 Å². The number of nitrogens with zero attached hydrogens (tertiary/aromatic N) is 2. The first kappa shape index (κ1) is 71.7. The third kappa shape index (κ3) is 12.8. The Labute approximate surface area is 642 Å². The van der Waals surface area contributed by atoms with Crippen molar-refractivity contribution >= 4 is 6.71 Å². The molecule has 21 aliphatic rings. The molecule has 29 unspecified atom stereocenters. The van der Waals surface area contributed by atoms with Crippen LogP contribution in [0.15, 0.2) is 0 Å². The molecule has 0 aromatic rings. The van der Waals surface area contributed by atoms with Crippen molar-refractivity contribution in [3.8, 4) is 0 Å². The standard InChI is InChI=1S/C101H165BN2/c1-101(2,3)60-63-56-94-100-95(57-63)104(62-89-74(66-28-12-6-13-29-66)38-21-39-75(89)67-30-14-7-15-31-67)93-55-49-71(77-51-53-87-83-43-19-35-69-33-17-41-81(97(69)83)85-47-23-45-79(77)99(85)87)59-91(93)102(100)90-58-70(76-50-52-86-82-42-18-34-68-32-16-40-80(96(68)82)84-46-22-44-78(76)98(84)86)48-54-92(90)103(94)61-88-72(64-24-8-4-9-25-64)36-20-37-73(88)65-26-10-5-11-27-65/h63-100H,4-62H2,1-3H3/t63?,68?,69?,70?,71?,72-,73+,74-,75?,76?,77?,78?,79?,80?,81?,82?,83?,84?,85-,86?,87?,88?,89?,90?,91?,92?,93-,94?,95?,96?,97?,98?,99?,100?/m0/s1. The highest BCUT2D eigenvalue weighted by Gasteiger charge is 2.69. The largest absolute Gasteiger partial charge is 0.298 e. The summed E-state index contributed by atoms with van der Waals surface area (Å²) in [6, 6.07) is 3.47. The zero-order chi connectivity index (χ0) is 68.9. The van der Waals surface area contributed by atoms with Gasteiger partial charge in [0.05, 0.1) is 0 Å². The minimum atomic E-state index is 0.401. The molecule has 104 heavy (non-hydrogen) atoms. The van der Waals surface area contributed by atoms with Gasteiger partial charge in [-0.05, 0) is 354 Å². The number of hydrogen-bond donors (Lipinski definition) is 0. The van der Waals surface area contributed by atoms with Gasteiger partial charge < -0.3 is 0 Å². The molecule has 3 heteroatoms. The van der Waals surface area contributed by atoms with Crippen LogP contribution in [0.4, 0.5) is 0 Å². The van der Waals surface area contributed by atoms with E-state index in [1.54, 1.807) is 373 Å². The van der Waals surface area contributed by atoms with E-state index < -0.39 is 0 Å². The zero-order valence-corrected chi connectivity index (χ0v) is 68.6. The fourth-order valence-electron chi connectivity index (χ4n) is 40.6. The number of hydrogen-bond acceptors (Lipinski definition) is 2. The second-order valence-corrected chi connectivity index (χ2v) is 47.4. The van der Waals surface area contributed by atoms with Crippen molar-refractivity contribution in [3.05, 3.63) is 0 Å². The van der Waals surface area contributed by atoms with Gasteiger partial charge in [-0.15, -0.1) is 0 Å². The summed E-state index contributed by atoms with van der Waals surface area (Å²) in [4.78, 5) is 7.64. The van der Waals surface area contributed by atoms with Crippen LogP contribution in [0.1, 0.15) is 387 Å². The Bertz CT molecular complexity index is 2560. The number of fused-ring (bicyclic) bond motifs is 8.